The molecule has 0 aromatic rings. The van der Waals surface area contributed by atoms with E-state index in [4.69, 9.17) is 5.11 Å². The van der Waals surface area contributed by atoms with E-state index in [2.05, 4.69) is 6.92 Å². The predicted molar refractivity (Wildman–Crippen MR) is 43.4 cm³/mol. The molecule has 1 aliphatic rings. The molecule has 1 fully saturated rings. The molecule has 1 N–H and O–H groups in total. The molecular weight excluding hydrogens is 140 g/mol. The van der Waals surface area contributed by atoms with Crippen molar-refractivity contribution >= 4 is 5.97 Å². The first-order valence-corrected chi connectivity index (χ1v) is 4.42. The Bertz CT molecular complexity index is 138. The molecule has 2 heteroatoms. The van der Waals surface area contributed by atoms with E-state index in [1.165, 1.54) is 12.8 Å². The topological polar surface area (TPSA) is 37.3 Å². The van der Waals surface area contributed by atoms with Crippen molar-refractivity contribution in [2.45, 2.75) is 39.0 Å². The van der Waals surface area contributed by atoms with E-state index in [-0.39, 0.29) is 0 Å². The number of hydrogen-bond donors (Lipinski definition) is 1. The minimum Gasteiger partial charge on any atom is -0.481 e. The van der Waals surface area contributed by atoms with Gasteiger partial charge in [-0.05, 0) is 37.5 Å². The molecule has 1 rings (SSSR count). The van der Waals surface area contributed by atoms with Crippen LogP contribution in [0, 0.1) is 11.8 Å². The average molecular weight is 156 g/mol. The standard InChI is InChI=1S/C9H16O2/c1-7(8-5-6-8)3-2-4-9(10)11/h7-8H,2-6H2,1H3,(H,10,11). The lowest BCUT2D eigenvalue weighted by Crippen LogP contribution is -2.00. The van der Waals surface area contributed by atoms with Crippen LogP contribution in [0.5, 0.6) is 0 Å². The van der Waals surface area contributed by atoms with E-state index in [1.807, 2.05) is 0 Å². The van der Waals surface area contributed by atoms with Gasteiger partial charge in [-0.25, -0.2) is 0 Å². The van der Waals surface area contributed by atoms with Crippen LogP contribution in [0.2, 0.25) is 0 Å². The molecule has 11 heavy (non-hydrogen) atoms. The summed E-state index contributed by atoms with van der Waals surface area (Å²) in [6.45, 7) is 2.24. The maximum Gasteiger partial charge on any atom is 0.303 e. The van der Waals surface area contributed by atoms with Gasteiger partial charge in [-0.2, -0.15) is 0 Å². The van der Waals surface area contributed by atoms with Gasteiger partial charge in [-0.1, -0.05) is 6.92 Å². The first kappa shape index (κ1) is 8.57. The van der Waals surface area contributed by atoms with Crippen LogP contribution in [-0.2, 0) is 4.79 Å². The minimum atomic E-state index is -0.659. The zero-order valence-corrected chi connectivity index (χ0v) is 7.05. The van der Waals surface area contributed by atoms with Gasteiger partial charge in [0.05, 0.1) is 0 Å². The van der Waals surface area contributed by atoms with Crippen molar-refractivity contribution in [1.29, 1.82) is 0 Å². The summed E-state index contributed by atoms with van der Waals surface area (Å²) in [4.78, 5) is 10.2. The lowest BCUT2D eigenvalue weighted by Gasteiger charge is -2.07. The number of aliphatic carboxylic acids is 1. The zero-order valence-electron chi connectivity index (χ0n) is 7.05. The summed E-state index contributed by atoms with van der Waals surface area (Å²) in [7, 11) is 0. The van der Waals surface area contributed by atoms with E-state index >= 15 is 0 Å². The smallest absolute Gasteiger partial charge is 0.303 e. The minimum absolute atomic E-state index is 0.344. The van der Waals surface area contributed by atoms with E-state index in [1.54, 1.807) is 0 Å². The summed E-state index contributed by atoms with van der Waals surface area (Å²) in [5.41, 5.74) is 0. The van der Waals surface area contributed by atoms with Crippen molar-refractivity contribution < 1.29 is 9.90 Å². The fraction of sp³-hybridized carbons (Fsp3) is 0.889. The van der Waals surface area contributed by atoms with Crippen LogP contribution in [0.3, 0.4) is 0 Å². The first-order valence-electron chi connectivity index (χ1n) is 4.42. The molecule has 0 heterocycles. The second-order valence-corrected chi connectivity index (χ2v) is 3.60. The third-order valence-electron chi connectivity index (χ3n) is 2.48. The van der Waals surface area contributed by atoms with Gasteiger partial charge in [0, 0.05) is 6.42 Å². The highest BCUT2D eigenvalue weighted by atomic mass is 16.4. The molecule has 0 bridgehead atoms. The van der Waals surface area contributed by atoms with Crippen LogP contribution in [0.1, 0.15) is 39.0 Å². The van der Waals surface area contributed by atoms with Crippen molar-refractivity contribution in [1.82, 2.24) is 0 Å². The summed E-state index contributed by atoms with van der Waals surface area (Å²) in [5.74, 6) is 1.02. The van der Waals surface area contributed by atoms with Gasteiger partial charge in [0.15, 0.2) is 0 Å². The molecule has 0 spiro atoms. The third kappa shape index (κ3) is 3.40. The Morgan fingerprint density at radius 3 is 2.73 bits per heavy atom. The van der Waals surface area contributed by atoms with Gasteiger partial charge in [0.2, 0.25) is 0 Å². The van der Waals surface area contributed by atoms with Crippen LogP contribution < -0.4 is 0 Å². The van der Waals surface area contributed by atoms with Crippen molar-refractivity contribution in [2.75, 3.05) is 0 Å². The van der Waals surface area contributed by atoms with Crippen LogP contribution >= 0.6 is 0 Å². The van der Waals surface area contributed by atoms with Gasteiger partial charge in [0.25, 0.3) is 0 Å². The molecule has 0 amide bonds. The fourth-order valence-electron chi connectivity index (χ4n) is 1.48. The molecule has 0 radical (unpaired) electrons. The Kier molecular flexibility index (Phi) is 2.92. The van der Waals surface area contributed by atoms with Crippen molar-refractivity contribution in [3.05, 3.63) is 0 Å². The van der Waals surface area contributed by atoms with E-state index in [9.17, 15) is 4.79 Å². The maximum absolute atomic E-state index is 10.2. The highest BCUT2D eigenvalue weighted by Gasteiger charge is 2.27. The second-order valence-electron chi connectivity index (χ2n) is 3.60. The summed E-state index contributed by atoms with van der Waals surface area (Å²) >= 11 is 0. The number of hydrogen-bond acceptors (Lipinski definition) is 1. The molecule has 2 nitrogen and oxygen atoms in total. The predicted octanol–water partition coefficient (Wildman–Crippen LogP) is 2.29. The van der Waals surface area contributed by atoms with Gasteiger partial charge < -0.3 is 5.11 Å². The molecule has 64 valence electrons. The maximum atomic E-state index is 10.2. The van der Waals surface area contributed by atoms with Gasteiger partial charge >= 0.3 is 5.97 Å². The molecule has 1 saturated carbocycles. The van der Waals surface area contributed by atoms with Gasteiger partial charge in [-0.15, -0.1) is 0 Å². The van der Waals surface area contributed by atoms with Gasteiger partial charge in [-0.3, -0.25) is 4.79 Å². The number of rotatable bonds is 5. The third-order valence-corrected chi connectivity index (χ3v) is 2.48. The second kappa shape index (κ2) is 3.74. The number of carboxylic acid groups (broad SMARTS) is 1. The van der Waals surface area contributed by atoms with Crippen molar-refractivity contribution in [2.24, 2.45) is 11.8 Å². The highest BCUT2D eigenvalue weighted by Crippen LogP contribution is 2.38. The van der Waals surface area contributed by atoms with Crippen LogP contribution in [0.4, 0.5) is 0 Å². The molecule has 0 saturated heterocycles. The molecule has 1 unspecified atom stereocenters. The zero-order chi connectivity index (χ0) is 8.27. The summed E-state index contributed by atoms with van der Waals surface area (Å²) < 4.78 is 0. The Hall–Kier alpha value is -0.530. The monoisotopic (exact) mass is 156 g/mol. The molecule has 0 aliphatic heterocycles. The summed E-state index contributed by atoms with van der Waals surface area (Å²) in [5, 5.41) is 8.38. The number of carbonyl (C=O) groups is 1. The highest BCUT2D eigenvalue weighted by molar-refractivity contribution is 5.66. The Labute approximate surface area is 67.6 Å². The molecule has 0 aromatic carbocycles. The molecular formula is C9H16O2. The van der Waals surface area contributed by atoms with E-state index in [0.717, 1.165) is 24.7 Å². The van der Waals surface area contributed by atoms with Crippen molar-refractivity contribution in [3.8, 4) is 0 Å². The number of carboxylic acids is 1. The SMILES string of the molecule is CC(CCCC(=O)O)C1CC1. The van der Waals surface area contributed by atoms with Gasteiger partial charge in [0.1, 0.15) is 0 Å². The molecule has 1 aliphatic carbocycles. The first-order chi connectivity index (χ1) is 5.20. The van der Waals surface area contributed by atoms with E-state index in [0.29, 0.717) is 6.42 Å². The van der Waals surface area contributed by atoms with Crippen molar-refractivity contribution in [3.63, 3.8) is 0 Å². The lowest BCUT2D eigenvalue weighted by molar-refractivity contribution is -0.137. The fourth-order valence-corrected chi connectivity index (χ4v) is 1.48. The summed E-state index contributed by atoms with van der Waals surface area (Å²) in [6, 6.07) is 0. The molecule has 1 atom stereocenters. The normalized spacial score (nSPS) is 19.7. The lowest BCUT2D eigenvalue weighted by atomic mass is 9.99. The van der Waals surface area contributed by atoms with Crippen LogP contribution in [0.25, 0.3) is 0 Å². The van der Waals surface area contributed by atoms with E-state index < -0.39 is 5.97 Å². The quantitative estimate of drug-likeness (QED) is 0.663. The average Bonchev–Trinajstić information content (AvgIpc) is 2.66. The van der Waals surface area contributed by atoms with Crippen LogP contribution in [0.15, 0.2) is 0 Å². The summed E-state index contributed by atoms with van der Waals surface area (Å²) in [6.07, 6.45) is 5.03. The largest absolute Gasteiger partial charge is 0.481 e. The van der Waals surface area contributed by atoms with Crippen LogP contribution in [-0.4, -0.2) is 11.1 Å². The Morgan fingerprint density at radius 1 is 1.64 bits per heavy atom. The molecule has 0 aromatic heterocycles. The Balaban J connectivity index is 1.97. The Morgan fingerprint density at radius 2 is 2.27 bits per heavy atom.